The molecule has 10 heteroatoms. The first kappa shape index (κ1) is 21.6. The zero-order valence-electron chi connectivity index (χ0n) is 16.3. The number of hydrogen-bond donors (Lipinski definition) is 4. The van der Waals surface area contributed by atoms with Gasteiger partial charge in [-0.15, -0.1) is 0 Å². The normalized spacial score (nSPS) is 14.3. The molecule has 0 unspecified atom stereocenters. The van der Waals surface area contributed by atoms with Gasteiger partial charge in [-0.25, -0.2) is 4.79 Å². The van der Waals surface area contributed by atoms with Crippen molar-refractivity contribution in [1.82, 2.24) is 0 Å². The van der Waals surface area contributed by atoms with E-state index in [2.05, 4.69) is 0 Å². The fraction of sp³-hybridized carbons (Fsp3) is 0.238. The maximum atomic E-state index is 12.9. The number of ether oxygens (including phenoxy) is 2. The third-order valence-electron chi connectivity index (χ3n) is 4.84. The number of benzene rings is 2. The van der Waals surface area contributed by atoms with E-state index in [1.54, 1.807) is 6.07 Å². The Morgan fingerprint density at radius 2 is 1.84 bits per heavy atom. The number of carboxylic acids is 2. The maximum Gasteiger partial charge on any atom is 0.343 e. The molecule has 2 aromatic carbocycles. The lowest BCUT2D eigenvalue weighted by atomic mass is 9.92. The van der Waals surface area contributed by atoms with Gasteiger partial charge in [-0.1, -0.05) is 6.07 Å². The van der Waals surface area contributed by atoms with Crippen LogP contribution in [0.5, 0.6) is 11.5 Å². The third kappa shape index (κ3) is 4.58. The summed E-state index contributed by atoms with van der Waals surface area (Å²) in [5.41, 5.74) is 12.2. The summed E-state index contributed by atoms with van der Waals surface area (Å²) in [5, 5.41) is 18.7. The Kier molecular flexibility index (Phi) is 6.10. The zero-order chi connectivity index (χ0) is 22.7. The van der Waals surface area contributed by atoms with Crippen LogP contribution in [0.25, 0.3) is 0 Å². The number of amides is 1. The van der Waals surface area contributed by atoms with E-state index in [4.69, 9.17) is 26.0 Å². The lowest BCUT2D eigenvalue weighted by molar-refractivity contribution is -0.145. The second-order valence-corrected chi connectivity index (χ2v) is 6.97. The Hall–Kier alpha value is -4.08. The predicted octanol–water partition coefficient (Wildman–Crippen LogP) is 1.55. The molecule has 0 aromatic heterocycles. The van der Waals surface area contributed by atoms with Gasteiger partial charge in [0.1, 0.15) is 0 Å². The van der Waals surface area contributed by atoms with Crippen LogP contribution in [0.2, 0.25) is 0 Å². The van der Waals surface area contributed by atoms with Crippen LogP contribution >= 0.6 is 0 Å². The van der Waals surface area contributed by atoms with Crippen LogP contribution in [0.1, 0.15) is 50.6 Å². The zero-order valence-corrected chi connectivity index (χ0v) is 16.3. The number of anilines is 1. The van der Waals surface area contributed by atoms with Crippen molar-refractivity contribution in [3.8, 4) is 11.5 Å². The highest BCUT2D eigenvalue weighted by molar-refractivity contribution is 5.99. The van der Waals surface area contributed by atoms with Gasteiger partial charge in [-0.05, 0) is 42.7 Å². The van der Waals surface area contributed by atoms with Crippen LogP contribution < -0.4 is 20.9 Å². The topological polar surface area (TPSA) is 179 Å². The standard InChI is InChI=1S/C21H20N2O8/c22-11-3-4-12-10(8-11)2-1-7-30-17-14(19(23)26)6-5-13(18(17)31-21(12)29)15(20(27)28)9-16(24)25/h3-6,8,15H,1-2,7,9,22H2,(H2,23,26)(H,24,25)(H,27,28)/t15-/m0/s1. The number of esters is 1. The molecule has 0 radical (unpaired) electrons. The third-order valence-corrected chi connectivity index (χ3v) is 4.84. The molecule has 1 heterocycles. The maximum absolute atomic E-state index is 12.9. The highest BCUT2D eigenvalue weighted by Gasteiger charge is 2.32. The van der Waals surface area contributed by atoms with Crippen molar-refractivity contribution in [2.24, 2.45) is 5.73 Å². The molecule has 31 heavy (non-hydrogen) atoms. The fourth-order valence-electron chi connectivity index (χ4n) is 3.40. The Morgan fingerprint density at radius 1 is 1.10 bits per heavy atom. The lowest BCUT2D eigenvalue weighted by Gasteiger charge is -2.22. The monoisotopic (exact) mass is 428 g/mol. The molecule has 1 aliphatic rings. The number of carboxylic acid groups (broad SMARTS) is 2. The minimum atomic E-state index is -1.56. The summed E-state index contributed by atoms with van der Waals surface area (Å²) in [4.78, 5) is 47.9. The minimum Gasteiger partial charge on any atom is -0.489 e. The van der Waals surface area contributed by atoms with Gasteiger partial charge >= 0.3 is 17.9 Å². The molecular formula is C21H20N2O8. The van der Waals surface area contributed by atoms with E-state index in [0.29, 0.717) is 24.1 Å². The number of nitrogen functional groups attached to an aromatic ring is 1. The highest BCUT2D eigenvalue weighted by atomic mass is 16.6. The predicted molar refractivity (Wildman–Crippen MR) is 107 cm³/mol. The van der Waals surface area contributed by atoms with Gasteiger partial charge in [-0.3, -0.25) is 14.4 Å². The van der Waals surface area contributed by atoms with E-state index in [1.165, 1.54) is 24.3 Å². The van der Waals surface area contributed by atoms with Gasteiger partial charge in [0.05, 0.1) is 30.1 Å². The summed E-state index contributed by atoms with van der Waals surface area (Å²) in [6, 6.07) is 7.06. The number of fused-ring (bicyclic) bond motifs is 2. The largest absolute Gasteiger partial charge is 0.489 e. The van der Waals surface area contributed by atoms with E-state index in [0.717, 1.165) is 0 Å². The first-order chi connectivity index (χ1) is 14.7. The number of primary amides is 1. The Balaban J connectivity index is 2.21. The van der Waals surface area contributed by atoms with Crippen molar-refractivity contribution in [3.63, 3.8) is 0 Å². The second-order valence-electron chi connectivity index (χ2n) is 6.97. The van der Waals surface area contributed by atoms with Crippen LogP contribution in [0, 0.1) is 0 Å². The van der Waals surface area contributed by atoms with Gasteiger partial charge in [0.15, 0.2) is 11.5 Å². The first-order valence-corrected chi connectivity index (χ1v) is 9.33. The number of carbonyl (C=O) groups excluding carboxylic acids is 2. The van der Waals surface area contributed by atoms with Crippen LogP contribution in [0.15, 0.2) is 30.3 Å². The summed E-state index contributed by atoms with van der Waals surface area (Å²) in [6.45, 7) is 0.0964. The number of aliphatic carboxylic acids is 2. The van der Waals surface area contributed by atoms with Gasteiger partial charge in [-0.2, -0.15) is 0 Å². The Labute approximate surface area is 176 Å². The van der Waals surface area contributed by atoms with Crippen molar-refractivity contribution >= 4 is 29.5 Å². The van der Waals surface area contributed by atoms with Crippen molar-refractivity contribution < 1.29 is 38.9 Å². The molecule has 162 valence electrons. The number of carbonyl (C=O) groups is 4. The molecule has 0 spiro atoms. The Morgan fingerprint density at radius 3 is 2.48 bits per heavy atom. The minimum absolute atomic E-state index is 0.0964. The summed E-state index contributed by atoms with van der Waals surface area (Å²) in [6.07, 6.45) is 0.110. The number of nitrogens with two attached hydrogens (primary N) is 2. The number of hydrogen-bond acceptors (Lipinski definition) is 7. The van der Waals surface area contributed by atoms with E-state index in [-0.39, 0.29) is 34.8 Å². The van der Waals surface area contributed by atoms with Crippen LogP contribution in [0.3, 0.4) is 0 Å². The highest BCUT2D eigenvalue weighted by Crippen LogP contribution is 2.41. The smallest absolute Gasteiger partial charge is 0.343 e. The summed E-state index contributed by atoms with van der Waals surface area (Å²) < 4.78 is 11.2. The summed E-state index contributed by atoms with van der Waals surface area (Å²) in [5.74, 6) is -6.63. The second kappa shape index (κ2) is 8.74. The number of aryl methyl sites for hydroxylation is 1. The first-order valence-electron chi connectivity index (χ1n) is 9.33. The van der Waals surface area contributed by atoms with Crippen molar-refractivity contribution in [1.29, 1.82) is 0 Å². The van der Waals surface area contributed by atoms with Gasteiger partial charge < -0.3 is 31.2 Å². The van der Waals surface area contributed by atoms with Crippen molar-refractivity contribution in [2.75, 3.05) is 12.3 Å². The molecule has 10 nitrogen and oxygen atoms in total. The van der Waals surface area contributed by atoms with Crippen molar-refractivity contribution in [3.05, 3.63) is 52.6 Å². The van der Waals surface area contributed by atoms with E-state index in [1.807, 2.05) is 0 Å². The molecule has 2 aromatic rings. The van der Waals surface area contributed by atoms with Crippen LogP contribution in [-0.4, -0.2) is 40.6 Å². The van der Waals surface area contributed by atoms with E-state index in [9.17, 15) is 24.3 Å². The SMILES string of the molecule is NC(=O)c1ccc([C@H](CC(=O)O)C(=O)O)c2c1OCCCc1cc(N)ccc1C(=O)O2. The average molecular weight is 428 g/mol. The molecule has 0 bridgehead atoms. The molecule has 1 aliphatic heterocycles. The molecular weight excluding hydrogens is 408 g/mol. The molecule has 0 fully saturated rings. The molecule has 0 aliphatic carbocycles. The van der Waals surface area contributed by atoms with Gasteiger partial charge in [0.25, 0.3) is 5.91 Å². The summed E-state index contributed by atoms with van der Waals surface area (Å²) >= 11 is 0. The summed E-state index contributed by atoms with van der Waals surface area (Å²) in [7, 11) is 0. The van der Waals surface area contributed by atoms with Crippen LogP contribution in [-0.2, 0) is 16.0 Å². The van der Waals surface area contributed by atoms with Crippen molar-refractivity contribution in [2.45, 2.75) is 25.2 Å². The van der Waals surface area contributed by atoms with Gasteiger partial charge in [0, 0.05) is 11.3 Å². The Bertz CT molecular complexity index is 1080. The van der Waals surface area contributed by atoms with E-state index >= 15 is 0 Å². The quantitative estimate of drug-likeness (QED) is 0.312. The molecule has 0 saturated carbocycles. The lowest BCUT2D eigenvalue weighted by Crippen LogP contribution is -2.22. The van der Waals surface area contributed by atoms with Gasteiger partial charge in [0.2, 0.25) is 0 Å². The molecule has 3 rings (SSSR count). The van der Waals surface area contributed by atoms with Crippen LogP contribution in [0.4, 0.5) is 5.69 Å². The molecule has 6 N–H and O–H groups in total. The molecule has 1 amide bonds. The van der Waals surface area contributed by atoms with E-state index < -0.39 is 36.2 Å². The molecule has 1 atom stereocenters. The number of rotatable bonds is 5. The fourth-order valence-corrected chi connectivity index (χ4v) is 3.40. The average Bonchev–Trinajstić information content (AvgIpc) is 2.69. The molecule has 0 saturated heterocycles.